The quantitative estimate of drug-likeness (QED) is 0.310. The Labute approximate surface area is 210 Å². The summed E-state index contributed by atoms with van der Waals surface area (Å²) in [5, 5.41) is 8.58. The predicted molar refractivity (Wildman–Crippen MR) is 141 cm³/mol. The molecule has 3 aromatic rings. The smallest absolute Gasteiger partial charge is 0.257 e. The molecule has 7 nitrogen and oxygen atoms in total. The highest BCUT2D eigenvalue weighted by Gasteiger charge is 2.18. The van der Waals surface area contributed by atoms with Crippen LogP contribution < -0.4 is 25.4 Å². The third kappa shape index (κ3) is 8.42. The summed E-state index contributed by atoms with van der Waals surface area (Å²) in [7, 11) is 0. The van der Waals surface area contributed by atoms with E-state index in [-0.39, 0.29) is 16.6 Å². The summed E-state index contributed by atoms with van der Waals surface area (Å²) >= 11 is 5.31. The normalized spacial score (nSPS) is 10.7. The molecule has 0 heterocycles. The van der Waals surface area contributed by atoms with Gasteiger partial charge in [0.1, 0.15) is 24.7 Å². The number of hydrogen-bond donors (Lipinski definition) is 3. The molecule has 0 spiro atoms. The molecule has 0 aromatic heterocycles. The molecule has 0 aliphatic heterocycles. The molecule has 0 fully saturated rings. The van der Waals surface area contributed by atoms with Crippen molar-refractivity contribution in [2.75, 3.05) is 18.5 Å². The van der Waals surface area contributed by atoms with Crippen LogP contribution in [0.3, 0.4) is 0 Å². The Bertz CT molecular complexity index is 1180. The van der Waals surface area contributed by atoms with Crippen molar-refractivity contribution >= 4 is 34.8 Å². The lowest BCUT2D eigenvalue weighted by atomic mass is 10.1. The van der Waals surface area contributed by atoms with Crippen LogP contribution in [-0.4, -0.2) is 35.7 Å². The van der Waals surface area contributed by atoms with Crippen LogP contribution in [0.5, 0.6) is 11.5 Å². The summed E-state index contributed by atoms with van der Waals surface area (Å²) < 4.78 is 11.3. The first kappa shape index (κ1) is 25.7. The van der Waals surface area contributed by atoms with Crippen LogP contribution in [0, 0.1) is 0 Å². The number of amides is 2. The minimum absolute atomic E-state index is 0.0774. The standard InChI is InChI=1S/C27H29N3O4S/c1-27(2,3)30-25(32)22-14-7-8-15-23(22)28-26(35)29-24(31)19-10-9-13-21(18-19)34-17-16-33-20-11-5-4-6-12-20/h4-15,18H,16-17H2,1-3H3,(H,30,32)(H2,28,29,31,35). The van der Waals surface area contributed by atoms with Crippen LogP contribution in [-0.2, 0) is 0 Å². The molecule has 0 saturated heterocycles. The first-order valence-electron chi connectivity index (χ1n) is 11.2. The number of nitrogens with one attached hydrogen (secondary N) is 3. The Morgan fingerprint density at radius 1 is 0.800 bits per heavy atom. The molecule has 0 aliphatic rings. The summed E-state index contributed by atoms with van der Waals surface area (Å²) in [6.45, 7) is 6.41. The first-order chi connectivity index (χ1) is 16.7. The van der Waals surface area contributed by atoms with Crippen molar-refractivity contribution in [2.24, 2.45) is 0 Å². The van der Waals surface area contributed by atoms with Gasteiger partial charge in [-0.25, -0.2) is 0 Å². The summed E-state index contributed by atoms with van der Waals surface area (Å²) in [6.07, 6.45) is 0. The van der Waals surface area contributed by atoms with Crippen LogP contribution in [0.25, 0.3) is 0 Å². The second-order valence-corrected chi connectivity index (χ2v) is 9.10. The molecule has 0 radical (unpaired) electrons. The number of anilines is 1. The maximum Gasteiger partial charge on any atom is 0.257 e. The average Bonchev–Trinajstić information content (AvgIpc) is 2.82. The second-order valence-electron chi connectivity index (χ2n) is 8.70. The number of benzene rings is 3. The molecular weight excluding hydrogens is 462 g/mol. The summed E-state index contributed by atoms with van der Waals surface area (Å²) in [4.78, 5) is 25.3. The third-order valence-corrected chi connectivity index (χ3v) is 4.80. The minimum Gasteiger partial charge on any atom is -0.490 e. The van der Waals surface area contributed by atoms with Crippen molar-refractivity contribution in [2.45, 2.75) is 26.3 Å². The average molecular weight is 492 g/mol. The summed E-state index contributed by atoms with van der Waals surface area (Å²) in [6, 6.07) is 23.2. The molecule has 35 heavy (non-hydrogen) atoms. The van der Waals surface area contributed by atoms with E-state index in [0.717, 1.165) is 5.75 Å². The summed E-state index contributed by atoms with van der Waals surface area (Å²) in [5.74, 6) is 0.668. The molecule has 0 bridgehead atoms. The van der Waals surface area contributed by atoms with Crippen molar-refractivity contribution in [1.29, 1.82) is 0 Å². The van der Waals surface area contributed by atoms with Gasteiger partial charge in [0.05, 0.1) is 11.3 Å². The van der Waals surface area contributed by atoms with Crippen LogP contribution in [0.15, 0.2) is 78.9 Å². The third-order valence-electron chi connectivity index (χ3n) is 4.60. The highest BCUT2D eigenvalue weighted by molar-refractivity contribution is 7.80. The minimum atomic E-state index is -0.398. The van der Waals surface area contributed by atoms with E-state index < -0.39 is 5.91 Å². The van der Waals surface area contributed by atoms with Crippen LogP contribution >= 0.6 is 12.2 Å². The fraction of sp³-hybridized carbons (Fsp3) is 0.222. The van der Waals surface area contributed by atoms with Crippen molar-refractivity contribution in [1.82, 2.24) is 10.6 Å². The maximum atomic E-state index is 12.7. The molecule has 0 aliphatic carbocycles. The molecule has 182 valence electrons. The first-order valence-corrected chi connectivity index (χ1v) is 11.6. The van der Waals surface area contributed by atoms with Gasteiger partial charge in [-0.2, -0.15) is 0 Å². The molecule has 3 aromatic carbocycles. The zero-order valence-corrected chi connectivity index (χ0v) is 20.8. The van der Waals surface area contributed by atoms with E-state index in [4.69, 9.17) is 21.7 Å². The van der Waals surface area contributed by atoms with E-state index in [0.29, 0.717) is 35.8 Å². The molecule has 0 atom stereocenters. The SMILES string of the molecule is CC(C)(C)NC(=O)c1ccccc1NC(=S)NC(=O)c1cccc(OCCOc2ccccc2)c1. The highest BCUT2D eigenvalue weighted by Crippen LogP contribution is 2.17. The Morgan fingerprint density at radius 3 is 2.14 bits per heavy atom. The van der Waals surface area contributed by atoms with Gasteiger partial charge in [0.25, 0.3) is 11.8 Å². The van der Waals surface area contributed by atoms with E-state index in [1.165, 1.54) is 0 Å². The zero-order chi connectivity index (χ0) is 25.3. The number of carbonyl (C=O) groups is 2. The number of carbonyl (C=O) groups excluding carboxylic acids is 2. The lowest BCUT2D eigenvalue weighted by molar-refractivity contribution is 0.0919. The predicted octanol–water partition coefficient (Wildman–Crippen LogP) is 4.80. The fourth-order valence-corrected chi connectivity index (χ4v) is 3.29. The van der Waals surface area contributed by atoms with Crippen LogP contribution in [0.1, 0.15) is 41.5 Å². The lowest BCUT2D eigenvalue weighted by Crippen LogP contribution is -2.41. The monoisotopic (exact) mass is 491 g/mol. The number of ether oxygens (including phenoxy) is 2. The van der Waals surface area contributed by atoms with Crippen LogP contribution in [0.4, 0.5) is 5.69 Å². The molecule has 8 heteroatoms. The molecule has 2 amide bonds. The Hall–Kier alpha value is -3.91. The van der Waals surface area contributed by atoms with Gasteiger partial charge in [-0.3, -0.25) is 14.9 Å². The molecule has 0 unspecified atom stereocenters. The molecule has 3 rings (SSSR count). The maximum absolute atomic E-state index is 12.7. The van der Waals surface area contributed by atoms with Gasteiger partial charge in [0.15, 0.2) is 5.11 Å². The van der Waals surface area contributed by atoms with Crippen molar-refractivity contribution in [3.05, 3.63) is 90.0 Å². The van der Waals surface area contributed by atoms with Gasteiger partial charge in [0.2, 0.25) is 0 Å². The van der Waals surface area contributed by atoms with Crippen molar-refractivity contribution in [3.63, 3.8) is 0 Å². The summed E-state index contributed by atoms with van der Waals surface area (Å²) in [5.41, 5.74) is 0.913. The number of rotatable bonds is 8. The van der Waals surface area contributed by atoms with Gasteiger partial charge in [0, 0.05) is 11.1 Å². The van der Waals surface area contributed by atoms with Crippen molar-refractivity contribution < 1.29 is 19.1 Å². The Morgan fingerprint density at radius 2 is 1.43 bits per heavy atom. The van der Waals surface area contributed by atoms with Gasteiger partial charge in [-0.15, -0.1) is 0 Å². The second kappa shape index (κ2) is 12.0. The Kier molecular flexibility index (Phi) is 8.80. The van der Waals surface area contributed by atoms with E-state index >= 15 is 0 Å². The molecule has 3 N–H and O–H groups in total. The van der Waals surface area contributed by atoms with Gasteiger partial charge < -0.3 is 20.1 Å². The van der Waals surface area contributed by atoms with E-state index in [9.17, 15) is 9.59 Å². The largest absolute Gasteiger partial charge is 0.490 e. The van der Waals surface area contributed by atoms with Gasteiger partial charge >= 0.3 is 0 Å². The number of para-hydroxylation sites is 2. The van der Waals surface area contributed by atoms with E-state index in [1.807, 2.05) is 51.1 Å². The number of hydrogen-bond acceptors (Lipinski definition) is 5. The highest BCUT2D eigenvalue weighted by atomic mass is 32.1. The van der Waals surface area contributed by atoms with Crippen molar-refractivity contribution in [3.8, 4) is 11.5 Å². The molecule has 0 saturated carbocycles. The topological polar surface area (TPSA) is 88.7 Å². The molecular formula is C27H29N3O4S. The van der Waals surface area contributed by atoms with Crippen LogP contribution in [0.2, 0.25) is 0 Å². The fourth-order valence-electron chi connectivity index (χ4n) is 3.09. The lowest BCUT2D eigenvalue weighted by Gasteiger charge is -2.21. The Balaban J connectivity index is 1.54. The van der Waals surface area contributed by atoms with E-state index in [2.05, 4.69) is 16.0 Å². The van der Waals surface area contributed by atoms with Gasteiger partial charge in [-0.1, -0.05) is 36.4 Å². The van der Waals surface area contributed by atoms with Gasteiger partial charge in [-0.05, 0) is 75.5 Å². The zero-order valence-electron chi connectivity index (χ0n) is 20.0. The van der Waals surface area contributed by atoms with E-state index in [1.54, 1.807) is 48.5 Å². The number of thiocarbonyl (C=S) groups is 1.